The molecule has 0 N–H and O–H groups in total. The van der Waals surface area contributed by atoms with Crippen molar-refractivity contribution in [2.45, 2.75) is 27.7 Å². The summed E-state index contributed by atoms with van der Waals surface area (Å²) in [7, 11) is 0. The van der Waals surface area contributed by atoms with Crippen LogP contribution in [0, 0.1) is 11.8 Å². The molecule has 0 aliphatic heterocycles. The molecule has 41 valence electrons. The van der Waals surface area contributed by atoms with Gasteiger partial charge in [0, 0.05) is 32.7 Å². The van der Waals surface area contributed by atoms with Gasteiger partial charge in [0.2, 0.25) is 0 Å². The Balaban J connectivity index is 0. The molecule has 0 aliphatic rings. The molecule has 0 spiro atoms. The molecule has 0 rings (SSSR count). The third-order valence-corrected chi connectivity index (χ3v) is 0.866. The van der Waals surface area contributed by atoms with E-state index in [1.165, 1.54) is 0 Å². The summed E-state index contributed by atoms with van der Waals surface area (Å²) in [6, 6.07) is 0. The Labute approximate surface area is 71.9 Å². The van der Waals surface area contributed by atoms with Crippen LogP contribution in [0.1, 0.15) is 27.7 Å². The summed E-state index contributed by atoms with van der Waals surface area (Å²) in [5.41, 5.74) is 0.417. The predicted octanol–water partition coefficient (Wildman–Crippen LogP) is 2.25. The quantitative estimate of drug-likeness (QED) is 0.494. The zero-order chi connectivity index (χ0) is 5.21. The maximum Gasteiger partial charge on any atom is 0 e. The molecular weight excluding hydrogens is 161 g/mol. The molecule has 0 aromatic heterocycles. The Morgan fingerprint density at radius 1 is 1.14 bits per heavy atom. The molecule has 0 aromatic carbocycles. The van der Waals surface area contributed by atoms with Gasteiger partial charge in [-0.25, -0.2) is 0 Å². The van der Waals surface area contributed by atoms with Crippen molar-refractivity contribution in [2.75, 3.05) is 0 Å². The van der Waals surface area contributed by atoms with Gasteiger partial charge in [-0.3, -0.25) is 0 Å². The van der Waals surface area contributed by atoms with Crippen molar-refractivity contribution in [2.24, 2.45) is 5.41 Å². The number of hydrogen-bond acceptors (Lipinski definition) is 0. The fourth-order valence-electron chi connectivity index (χ4n) is 0. The third-order valence-electron chi connectivity index (χ3n) is 0.866. The van der Waals surface area contributed by atoms with E-state index >= 15 is 0 Å². The molecule has 0 aliphatic carbocycles. The van der Waals surface area contributed by atoms with E-state index in [4.69, 9.17) is 0 Å². The molecule has 0 unspecified atom stereocenters. The molecular formula is C6H13Y-. The maximum absolute atomic E-state index is 2.19. The van der Waals surface area contributed by atoms with Crippen LogP contribution in [0.25, 0.3) is 0 Å². The number of hydrogen-bond donors (Lipinski definition) is 0. The Bertz CT molecular complexity index is 33.9. The van der Waals surface area contributed by atoms with Gasteiger partial charge in [0.15, 0.2) is 0 Å². The molecule has 0 aromatic rings. The van der Waals surface area contributed by atoms with Crippen molar-refractivity contribution in [3.8, 4) is 0 Å². The van der Waals surface area contributed by atoms with Crippen molar-refractivity contribution < 1.29 is 32.7 Å². The van der Waals surface area contributed by atoms with Crippen LogP contribution in [0.15, 0.2) is 0 Å². The zero-order valence-electron chi connectivity index (χ0n) is 5.65. The van der Waals surface area contributed by atoms with Gasteiger partial charge in [-0.1, -0.05) is 20.8 Å². The van der Waals surface area contributed by atoms with E-state index in [9.17, 15) is 0 Å². The third kappa shape index (κ3) is 11.0. The molecule has 0 saturated carbocycles. The Morgan fingerprint density at radius 2 is 1.29 bits per heavy atom. The predicted molar refractivity (Wildman–Crippen MR) is 29.4 cm³/mol. The number of rotatable bonds is 0. The van der Waals surface area contributed by atoms with Crippen molar-refractivity contribution >= 4 is 0 Å². The van der Waals surface area contributed by atoms with Gasteiger partial charge in [-0.05, 0) is 0 Å². The molecule has 0 atom stereocenters. The van der Waals surface area contributed by atoms with E-state index in [0.29, 0.717) is 5.41 Å². The van der Waals surface area contributed by atoms with Crippen LogP contribution in [0.5, 0.6) is 0 Å². The molecule has 0 fully saturated rings. The zero-order valence-corrected chi connectivity index (χ0v) is 8.49. The summed E-state index contributed by atoms with van der Waals surface area (Å²) in [4.78, 5) is 0. The minimum atomic E-state index is 0. The van der Waals surface area contributed by atoms with E-state index in [1.54, 1.807) is 0 Å². The first-order valence-corrected chi connectivity index (χ1v) is 2.37. The standard InChI is InChI=1S/C6H13.Y/c1-5-6(2,3)4;/h5H,1-4H3;/q-1;. The van der Waals surface area contributed by atoms with Crippen LogP contribution in [0.2, 0.25) is 0 Å². The average Bonchev–Trinajstić information content (AvgIpc) is 1.35. The fourth-order valence-corrected chi connectivity index (χ4v) is 0. The Hall–Kier alpha value is 1.10. The van der Waals surface area contributed by atoms with E-state index < -0.39 is 0 Å². The molecule has 0 nitrogen and oxygen atoms in total. The minimum Gasteiger partial charge on any atom is -0.326 e. The van der Waals surface area contributed by atoms with Gasteiger partial charge in [-0.15, -0.1) is 0 Å². The van der Waals surface area contributed by atoms with Crippen LogP contribution >= 0.6 is 0 Å². The smallest absolute Gasteiger partial charge is 0 e. The maximum atomic E-state index is 2.19. The van der Waals surface area contributed by atoms with Crippen molar-refractivity contribution in [3.05, 3.63) is 6.42 Å². The molecule has 1 heteroatoms. The summed E-state index contributed by atoms with van der Waals surface area (Å²) in [5.74, 6) is 0. The van der Waals surface area contributed by atoms with Gasteiger partial charge in [0.05, 0.1) is 0 Å². The normalized spacial score (nSPS) is 10.3. The second-order valence-electron chi connectivity index (χ2n) is 2.65. The van der Waals surface area contributed by atoms with Crippen molar-refractivity contribution in [1.82, 2.24) is 0 Å². The first-order chi connectivity index (χ1) is 2.56. The van der Waals surface area contributed by atoms with Crippen LogP contribution in [0.3, 0.4) is 0 Å². The van der Waals surface area contributed by atoms with Gasteiger partial charge < -0.3 is 6.42 Å². The van der Waals surface area contributed by atoms with Gasteiger partial charge >= 0.3 is 0 Å². The first kappa shape index (κ1) is 11.0. The largest absolute Gasteiger partial charge is 0.326 e. The first-order valence-electron chi connectivity index (χ1n) is 2.37. The Morgan fingerprint density at radius 3 is 1.29 bits per heavy atom. The van der Waals surface area contributed by atoms with Crippen molar-refractivity contribution in [3.63, 3.8) is 0 Å². The SMILES string of the molecule is C[CH-]C(C)(C)C.[Y]. The van der Waals surface area contributed by atoms with E-state index in [1.807, 2.05) is 0 Å². The summed E-state index contributed by atoms with van der Waals surface area (Å²) in [5, 5.41) is 0. The van der Waals surface area contributed by atoms with Crippen LogP contribution in [-0.2, 0) is 32.7 Å². The average molecular weight is 174 g/mol. The van der Waals surface area contributed by atoms with Gasteiger partial charge in [-0.2, -0.15) is 12.3 Å². The van der Waals surface area contributed by atoms with Crippen LogP contribution in [0.4, 0.5) is 0 Å². The van der Waals surface area contributed by atoms with Crippen LogP contribution < -0.4 is 0 Å². The van der Waals surface area contributed by atoms with E-state index in [2.05, 4.69) is 34.1 Å². The topological polar surface area (TPSA) is 0 Å². The second kappa shape index (κ2) is 4.03. The summed E-state index contributed by atoms with van der Waals surface area (Å²) in [6.45, 7) is 8.65. The molecule has 0 amide bonds. The van der Waals surface area contributed by atoms with Crippen LogP contribution in [-0.4, -0.2) is 0 Å². The summed E-state index contributed by atoms with van der Waals surface area (Å²) < 4.78 is 0. The summed E-state index contributed by atoms with van der Waals surface area (Å²) in [6.07, 6.45) is 2.19. The van der Waals surface area contributed by atoms with Gasteiger partial charge in [0.25, 0.3) is 0 Å². The minimum absolute atomic E-state index is 0. The molecule has 7 heavy (non-hydrogen) atoms. The molecule has 1 radical (unpaired) electrons. The molecule has 0 saturated heterocycles. The van der Waals surface area contributed by atoms with Gasteiger partial charge in [0.1, 0.15) is 0 Å². The van der Waals surface area contributed by atoms with E-state index in [0.717, 1.165) is 0 Å². The summed E-state index contributed by atoms with van der Waals surface area (Å²) >= 11 is 0. The van der Waals surface area contributed by atoms with E-state index in [-0.39, 0.29) is 32.7 Å². The second-order valence-corrected chi connectivity index (χ2v) is 2.65. The van der Waals surface area contributed by atoms with Crippen molar-refractivity contribution in [1.29, 1.82) is 0 Å². The molecule has 0 heterocycles. The molecule has 0 bridgehead atoms. The monoisotopic (exact) mass is 174 g/mol. The Kier molecular flexibility index (Phi) is 6.32. The fraction of sp³-hybridized carbons (Fsp3) is 0.833.